The lowest BCUT2D eigenvalue weighted by Crippen LogP contribution is -2.42. The normalized spacial score (nSPS) is 13.7. The number of imidazole rings is 2. The maximum Gasteiger partial charge on any atom is 0.374 e. The fourth-order valence-corrected chi connectivity index (χ4v) is 5.53. The second-order valence-electron chi connectivity index (χ2n) is 11.3. The van der Waals surface area contributed by atoms with E-state index in [0.717, 1.165) is 12.8 Å². The molecule has 15 nitrogen and oxygen atoms in total. The van der Waals surface area contributed by atoms with E-state index < -0.39 is 11.9 Å². The van der Waals surface area contributed by atoms with Crippen molar-refractivity contribution in [2.45, 2.75) is 59.4 Å². The lowest BCUT2D eigenvalue weighted by Gasteiger charge is -2.28. The molecule has 1 unspecified atom stereocenters. The number of anilines is 3. The number of benzene rings is 2. The van der Waals surface area contributed by atoms with Crippen molar-refractivity contribution >= 4 is 51.9 Å². The van der Waals surface area contributed by atoms with Crippen LogP contribution in [-0.4, -0.2) is 88.1 Å². The van der Waals surface area contributed by atoms with Gasteiger partial charge in [0.15, 0.2) is 17.3 Å². The second kappa shape index (κ2) is 17.2. The van der Waals surface area contributed by atoms with Crippen molar-refractivity contribution in [1.82, 2.24) is 24.4 Å². The van der Waals surface area contributed by atoms with Crippen LogP contribution >= 0.6 is 0 Å². The number of ether oxygens (including phenoxy) is 3. The number of hydrogen-bond acceptors (Lipinski definition) is 10. The molecule has 3 amide bonds. The minimum Gasteiger partial charge on any atom is -0.493 e. The Labute approximate surface area is 291 Å². The van der Waals surface area contributed by atoms with E-state index >= 15 is 0 Å². The Morgan fingerprint density at radius 1 is 1.04 bits per heavy atom. The van der Waals surface area contributed by atoms with Crippen LogP contribution < -0.4 is 25.4 Å². The number of H-pyrrole nitrogens is 1. The van der Waals surface area contributed by atoms with Crippen molar-refractivity contribution in [3.05, 3.63) is 53.7 Å². The molecule has 4 N–H and O–H groups in total. The third-order valence-corrected chi connectivity index (χ3v) is 7.97. The predicted octanol–water partition coefficient (Wildman–Crippen LogP) is 5.22. The SMILES string of the molecule is CC.CCCN1C(=O)c2cc(OC)c(OCCCC(=O)Nc3cn(C)c(C(=O)Nc4ccc5nc(C(=O)OC)[nH]c5c4)n3)cc2NCC1CC. The van der Waals surface area contributed by atoms with E-state index in [1.807, 2.05) is 18.7 Å². The molecule has 2 aromatic heterocycles. The highest BCUT2D eigenvalue weighted by Gasteiger charge is 2.30. The number of aromatic amines is 1. The molecule has 50 heavy (non-hydrogen) atoms. The van der Waals surface area contributed by atoms with Crippen LogP contribution in [0.3, 0.4) is 0 Å². The Bertz CT molecular complexity index is 1830. The van der Waals surface area contributed by atoms with Gasteiger partial charge in [0, 0.05) is 50.6 Å². The van der Waals surface area contributed by atoms with Crippen LogP contribution in [0.5, 0.6) is 11.5 Å². The third-order valence-electron chi connectivity index (χ3n) is 7.97. The van der Waals surface area contributed by atoms with Crippen molar-refractivity contribution in [1.29, 1.82) is 0 Å². The van der Waals surface area contributed by atoms with Crippen molar-refractivity contribution in [3.63, 3.8) is 0 Å². The number of aryl methyl sites for hydroxylation is 1. The van der Waals surface area contributed by atoms with Crippen LogP contribution in [0, 0.1) is 0 Å². The molecule has 5 rings (SSSR count). The molecule has 268 valence electrons. The van der Waals surface area contributed by atoms with Crippen molar-refractivity contribution in [3.8, 4) is 11.5 Å². The van der Waals surface area contributed by atoms with E-state index in [4.69, 9.17) is 9.47 Å². The summed E-state index contributed by atoms with van der Waals surface area (Å²) in [6.07, 6.45) is 3.79. The molecular formula is C35H46N8O7. The largest absolute Gasteiger partial charge is 0.493 e. The molecule has 0 saturated heterocycles. The zero-order valence-corrected chi connectivity index (χ0v) is 29.6. The zero-order chi connectivity index (χ0) is 36.4. The number of methoxy groups -OCH3 is 2. The fraction of sp³-hybridized carbons (Fsp3) is 0.429. The highest BCUT2D eigenvalue weighted by atomic mass is 16.5. The number of aromatic nitrogens is 4. The number of esters is 1. The average molecular weight is 691 g/mol. The summed E-state index contributed by atoms with van der Waals surface area (Å²) in [5, 5.41) is 8.88. The van der Waals surface area contributed by atoms with Crippen LogP contribution in [0.15, 0.2) is 36.5 Å². The van der Waals surface area contributed by atoms with Crippen molar-refractivity contribution in [2.24, 2.45) is 7.05 Å². The lowest BCUT2D eigenvalue weighted by atomic mass is 10.1. The van der Waals surface area contributed by atoms with Gasteiger partial charge in [-0.1, -0.05) is 27.7 Å². The third kappa shape index (κ3) is 8.51. The van der Waals surface area contributed by atoms with Gasteiger partial charge in [-0.15, -0.1) is 0 Å². The van der Waals surface area contributed by atoms with Crippen molar-refractivity contribution in [2.75, 3.05) is 49.9 Å². The van der Waals surface area contributed by atoms with Crippen LogP contribution in [0.2, 0.25) is 0 Å². The van der Waals surface area contributed by atoms with Crippen LogP contribution in [0.4, 0.5) is 17.2 Å². The molecule has 1 aliphatic rings. The van der Waals surface area contributed by atoms with Gasteiger partial charge in [0.05, 0.1) is 43.1 Å². The highest BCUT2D eigenvalue weighted by molar-refractivity contribution is 6.04. The summed E-state index contributed by atoms with van der Waals surface area (Å²) < 4.78 is 17.7. The van der Waals surface area contributed by atoms with E-state index in [-0.39, 0.29) is 48.4 Å². The van der Waals surface area contributed by atoms with Gasteiger partial charge in [-0.3, -0.25) is 14.4 Å². The predicted molar refractivity (Wildman–Crippen MR) is 190 cm³/mol. The Hall–Kier alpha value is -5.60. The Morgan fingerprint density at radius 3 is 2.52 bits per heavy atom. The number of amides is 3. The summed E-state index contributed by atoms with van der Waals surface area (Å²) in [5.41, 5.74) is 2.77. The summed E-state index contributed by atoms with van der Waals surface area (Å²) in [4.78, 5) is 64.0. The fourth-order valence-electron chi connectivity index (χ4n) is 5.53. The van der Waals surface area contributed by atoms with Gasteiger partial charge in [-0.2, -0.15) is 0 Å². The summed E-state index contributed by atoms with van der Waals surface area (Å²) in [5.74, 6) is -0.141. The van der Waals surface area contributed by atoms with Gasteiger partial charge in [0.2, 0.25) is 17.6 Å². The zero-order valence-electron chi connectivity index (χ0n) is 29.6. The summed E-state index contributed by atoms with van der Waals surface area (Å²) in [7, 11) is 4.43. The Kier molecular flexibility index (Phi) is 12.8. The quantitative estimate of drug-likeness (QED) is 0.107. The lowest BCUT2D eigenvalue weighted by molar-refractivity contribution is -0.116. The first-order valence-electron chi connectivity index (χ1n) is 16.8. The molecule has 3 heterocycles. The molecule has 0 spiro atoms. The number of fused-ring (bicyclic) bond motifs is 2. The van der Waals surface area contributed by atoms with Crippen LogP contribution in [0.1, 0.15) is 85.0 Å². The molecule has 1 aliphatic heterocycles. The number of hydrogen-bond donors (Lipinski definition) is 4. The van der Waals surface area contributed by atoms with E-state index in [1.165, 1.54) is 18.8 Å². The molecule has 0 fully saturated rings. The van der Waals surface area contributed by atoms with Crippen molar-refractivity contribution < 1.29 is 33.4 Å². The molecule has 4 aromatic rings. The average Bonchev–Trinajstić information content (AvgIpc) is 3.69. The van der Waals surface area contributed by atoms with E-state index in [2.05, 4.69) is 49.5 Å². The summed E-state index contributed by atoms with van der Waals surface area (Å²) in [6.45, 7) is 9.68. The van der Waals surface area contributed by atoms with Gasteiger partial charge >= 0.3 is 5.97 Å². The maximum absolute atomic E-state index is 13.4. The molecule has 0 saturated carbocycles. The first-order chi connectivity index (χ1) is 24.1. The van der Waals surface area contributed by atoms with E-state index in [1.54, 1.807) is 43.6 Å². The molecule has 1 atom stereocenters. The molecule has 0 bridgehead atoms. The van der Waals surface area contributed by atoms with Gasteiger partial charge in [0.1, 0.15) is 0 Å². The van der Waals surface area contributed by atoms with Gasteiger partial charge in [0.25, 0.3) is 11.8 Å². The molecule has 0 aliphatic carbocycles. The van der Waals surface area contributed by atoms with E-state index in [0.29, 0.717) is 59.0 Å². The number of nitrogens with one attached hydrogen (secondary N) is 4. The standard InChI is InChI=1S/C33H40N8O7.C2H6/c1-6-12-41-20(7-2)17-34-23-16-26(25(46-4)15-21(23)32(41)44)48-13-8-9-28(42)38-27-18-40(3)30(39-27)31(43)35-19-10-11-22-24(14-19)37-29(36-22)33(45)47-5;1-2/h10-11,14-16,18,20,34H,6-9,12-13,17H2,1-5H3,(H,35,43)(H,36,37)(H,38,42);1-2H3. The monoisotopic (exact) mass is 690 g/mol. The van der Waals surface area contributed by atoms with Gasteiger partial charge in [-0.05, 0) is 43.5 Å². The van der Waals surface area contributed by atoms with Gasteiger partial charge < -0.3 is 44.6 Å². The first-order valence-corrected chi connectivity index (χ1v) is 16.8. The Morgan fingerprint density at radius 2 is 1.82 bits per heavy atom. The summed E-state index contributed by atoms with van der Waals surface area (Å²) in [6, 6.07) is 8.52. The smallest absolute Gasteiger partial charge is 0.374 e. The summed E-state index contributed by atoms with van der Waals surface area (Å²) >= 11 is 0. The topological polar surface area (TPSA) is 182 Å². The minimum atomic E-state index is -0.600. The molecule has 15 heteroatoms. The molecule has 2 aromatic carbocycles. The minimum absolute atomic E-state index is 0.0356. The second-order valence-corrected chi connectivity index (χ2v) is 11.3. The van der Waals surface area contributed by atoms with E-state index in [9.17, 15) is 19.2 Å². The molecular weight excluding hydrogens is 644 g/mol. The number of nitrogens with zero attached hydrogens (tertiary/aromatic N) is 4. The van der Waals surface area contributed by atoms with Gasteiger partial charge in [-0.25, -0.2) is 14.8 Å². The maximum atomic E-state index is 13.4. The van der Waals surface area contributed by atoms with Crippen LogP contribution in [-0.2, 0) is 16.6 Å². The Balaban J connectivity index is 0.00000276. The number of carbonyl (C=O) groups is 4. The highest BCUT2D eigenvalue weighted by Crippen LogP contribution is 2.36. The molecule has 0 radical (unpaired) electrons. The number of carbonyl (C=O) groups excluding carboxylic acids is 4. The first kappa shape index (κ1) is 37.2. The number of rotatable bonds is 13. The van der Waals surface area contributed by atoms with Crippen LogP contribution in [0.25, 0.3) is 11.0 Å².